The van der Waals surface area contributed by atoms with Crippen LogP contribution in [0, 0.1) is 6.92 Å². The quantitative estimate of drug-likeness (QED) is 0.152. The molecule has 4 aromatic rings. The Morgan fingerprint density at radius 1 is 1.04 bits per heavy atom. The van der Waals surface area contributed by atoms with Crippen LogP contribution in [0.25, 0.3) is 11.3 Å². The van der Waals surface area contributed by atoms with E-state index in [9.17, 15) is 36.0 Å². The van der Waals surface area contributed by atoms with Crippen LogP contribution in [-0.4, -0.2) is 66.6 Å². The first-order valence-corrected chi connectivity index (χ1v) is 16.8. The number of thiazole rings is 1. The number of aromatic nitrogens is 2. The molecule has 0 radical (unpaired) electrons. The molecule has 2 heterocycles. The van der Waals surface area contributed by atoms with Gasteiger partial charge >= 0.3 is 12.1 Å². The second-order valence-corrected chi connectivity index (χ2v) is 13.0. The number of esters is 1. The highest BCUT2D eigenvalue weighted by molar-refractivity contribution is 7.90. The first-order chi connectivity index (χ1) is 22.1. The van der Waals surface area contributed by atoms with E-state index < -0.39 is 45.0 Å². The molecular weight excluding hydrogens is 661 g/mol. The van der Waals surface area contributed by atoms with Gasteiger partial charge in [-0.05, 0) is 68.8 Å². The van der Waals surface area contributed by atoms with Crippen LogP contribution in [-0.2, 0) is 25.8 Å². The van der Waals surface area contributed by atoms with E-state index in [4.69, 9.17) is 9.47 Å². The van der Waals surface area contributed by atoms with Gasteiger partial charge in [0.05, 0.1) is 28.3 Å². The molecule has 0 aliphatic rings. The Morgan fingerprint density at radius 3 is 2.32 bits per heavy atom. The third-order valence-electron chi connectivity index (χ3n) is 6.71. The number of rotatable bonds is 11. The molecule has 0 bridgehead atoms. The number of hydrogen-bond acceptors (Lipinski definition) is 10. The molecule has 2 aromatic carbocycles. The molecule has 2 aromatic heterocycles. The number of hydrogen-bond donors (Lipinski definition) is 1. The smallest absolute Gasteiger partial charge is 0.453 e. The number of ether oxygens (including phenoxy) is 2. The number of pyridine rings is 1. The molecule has 0 atom stereocenters. The Bertz CT molecular complexity index is 1910. The molecule has 0 fully saturated rings. The summed E-state index contributed by atoms with van der Waals surface area (Å²) in [6.07, 6.45) is -3.00. The Hall–Kier alpha value is -4.83. The minimum Gasteiger partial charge on any atom is -0.453 e. The fraction of sp³-hybridized carbons (Fsp3) is 0.258. The van der Waals surface area contributed by atoms with Crippen LogP contribution in [0.4, 0.5) is 18.3 Å². The maximum atomic E-state index is 13.7. The average Bonchev–Trinajstić information content (AvgIpc) is 3.44. The van der Waals surface area contributed by atoms with Crippen LogP contribution in [0.3, 0.4) is 0 Å². The van der Waals surface area contributed by atoms with Gasteiger partial charge in [0.1, 0.15) is 5.75 Å². The van der Waals surface area contributed by atoms with Crippen LogP contribution in [0.2, 0.25) is 0 Å². The molecule has 1 N–H and O–H groups in total. The van der Waals surface area contributed by atoms with Crippen molar-refractivity contribution in [1.82, 2.24) is 14.9 Å². The molecule has 0 saturated carbocycles. The van der Waals surface area contributed by atoms with Gasteiger partial charge in [0.25, 0.3) is 5.91 Å². The molecule has 2 amide bonds. The number of likely N-dealkylation sites (N-methyl/N-ethyl adjacent to an activating group) is 1. The van der Waals surface area contributed by atoms with E-state index in [1.807, 2.05) is 13.8 Å². The number of carbonyl (C=O) groups excluding carboxylic acids is 3. The summed E-state index contributed by atoms with van der Waals surface area (Å²) in [5.74, 6) is -5.15. The van der Waals surface area contributed by atoms with Crippen molar-refractivity contribution >= 4 is 44.1 Å². The second-order valence-electron chi connectivity index (χ2n) is 10.1. The number of nitrogens with one attached hydrogen (secondary N) is 1. The molecule has 47 heavy (non-hydrogen) atoms. The highest BCUT2D eigenvalue weighted by Gasteiger charge is 2.42. The molecular formula is C31H29F3N4O7S2. The molecule has 248 valence electrons. The topological polar surface area (TPSA) is 145 Å². The van der Waals surface area contributed by atoms with Crippen molar-refractivity contribution < 1.29 is 45.4 Å². The normalized spacial score (nSPS) is 11.6. The number of amides is 2. The summed E-state index contributed by atoms with van der Waals surface area (Å²) in [5.41, 5.74) is 1.06. The summed E-state index contributed by atoms with van der Waals surface area (Å²) in [6, 6.07) is 10.8. The van der Waals surface area contributed by atoms with Crippen LogP contribution in [0.1, 0.15) is 35.5 Å². The SMILES string of the molecule is CCN(CC)C(=O)Cc1csc(NC(=O)c2cc(-c3ncccc3C)cc(Oc3ccc(S(C)(=O)=O)cc3)c2OC(=O)C(F)(F)F)n1. The van der Waals surface area contributed by atoms with Gasteiger partial charge in [0, 0.05) is 36.5 Å². The van der Waals surface area contributed by atoms with E-state index in [-0.39, 0.29) is 33.7 Å². The third kappa shape index (κ3) is 8.71. The summed E-state index contributed by atoms with van der Waals surface area (Å²) in [4.78, 5) is 48.5. The van der Waals surface area contributed by atoms with Crippen molar-refractivity contribution in [3.05, 3.63) is 76.9 Å². The first kappa shape index (κ1) is 35.0. The predicted molar refractivity (Wildman–Crippen MR) is 167 cm³/mol. The maximum absolute atomic E-state index is 13.7. The molecule has 0 spiro atoms. The van der Waals surface area contributed by atoms with Crippen molar-refractivity contribution in [2.24, 2.45) is 0 Å². The summed E-state index contributed by atoms with van der Waals surface area (Å²) >= 11 is 0.984. The van der Waals surface area contributed by atoms with E-state index in [0.29, 0.717) is 30.0 Å². The Morgan fingerprint density at radius 2 is 1.72 bits per heavy atom. The van der Waals surface area contributed by atoms with Crippen molar-refractivity contribution in [2.45, 2.75) is 38.3 Å². The van der Waals surface area contributed by atoms with E-state index in [2.05, 4.69) is 15.3 Å². The fourth-order valence-electron chi connectivity index (χ4n) is 4.36. The third-order valence-corrected chi connectivity index (χ3v) is 8.64. The van der Waals surface area contributed by atoms with Crippen LogP contribution in [0.15, 0.2) is 65.0 Å². The summed E-state index contributed by atoms with van der Waals surface area (Å²) in [6.45, 7) is 6.39. The van der Waals surface area contributed by atoms with Gasteiger partial charge < -0.3 is 14.4 Å². The number of alkyl halides is 3. The number of carbonyl (C=O) groups is 3. The summed E-state index contributed by atoms with van der Waals surface area (Å²) in [7, 11) is -3.58. The molecule has 0 aliphatic carbocycles. The van der Waals surface area contributed by atoms with Gasteiger partial charge in [-0.2, -0.15) is 13.2 Å². The number of benzene rings is 2. The lowest BCUT2D eigenvalue weighted by Crippen LogP contribution is -2.31. The molecule has 4 rings (SSSR count). The minimum atomic E-state index is -5.43. The van der Waals surface area contributed by atoms with Gasteiger partial charge in [-0.25, -0.2) is 18.2 Å². The highest BCUT2D eigenvalue weighted by atomic mass is 32.2. The molecule has 0 unspecified atom stereocenters. The standard InChI is InChI=1S/C31H29F3N4O7S2/c1-5-38(6-2)25(39)16-20-17-46-30(36-20)37-28(40)23-14-19(26-18(3)8-7-13-35-26)15-24(27(23)45-29(41)31(32,33)34)44-21-9-11-22(12-10-21)47(4,42)43/h7-15,17H,5-6,16H2,1-4H3,(H,36,37,40). The van der Waals surface area contributed by atoms with Gasteiger partial charge in [-0.3, -0.25) is 19.9 Å². The van der Waals surface area contributed by atoms with Crippen LogP contribution < -0.4 is 14.8 Å². The molecule has 11 nitrogen and oxygen atoms in total. The van der Waals surface area contributed by atoms with Crippen LogP contribution in [0.5, 0.6) is 17.2 Å². The van der Waals surface area contributed by atoms with Crippen molar-refractivity contribution in [3.63, 3.8) is 0 Å². The van der Waals surface area contributed by atoms with Crippen LogP contribution >= 0.6 is 11.3 Å². The van der Waals surface area contributed by atoms with E-state index in [1.165, 1.54) is 42.6 Å². The zero-order valence-electron chi connectivity index (χ0n) is 25.5. The monoisotopic (exact) mass is 690 g/mol. The van der Waals surface area contributed by atoms with Gasteiger partial charge in [-0.1, -0.05) is 6.07 Å². The molecule has 16 heteroatoms. The Labute approximate surface area is 272 Å². The van der Waals surface area contributed by atoms with E-state index in [1.54, 1.807) is 29.3 Å². The predicted octanol–water partition coefficient (Wildman–Crippen LogP) is 5.84. The fourth-order valence-corrected chi connectivity index (χ4v) is 5.70. The van der Waals surface area contributed by atoms with Gasteiger partial charge in [0.2, 0.25) is 5.91 Å². The van der Waals surface area contributed by atoms with Crippen molar-refractivity contribution in [2.75, 3.05) is 24.7 Å². The lowest BCUT2D eigenvalue weighted by atomic mass is 10.0. The number of anilines is 1. The summed E-state index contributed by atoms with van der Waals surface area (Å²) in [5, 5.41) is 4.09. The Balaban J connectivity index is 1.81. The number of halogens is 3. The largest absolute Gasteiger partial charge is 0.491 e. The number of nitrogens with zero attached hydrogens (tertiary/aromatic N) is 3. The van der Waals surface area contributed by atoms with Gasteiger partial charge in [-0.15, -0.1) is 11.3 Å². The lowest BCUT2D eigenvalue weighted by Gasteiger charge is -2.18. The highest BCUT2D eigenvalue weighted by Crippen LogP contribution is 2.41. The molecule has 0 saturated heterocycles. The molecule has 0 aliphatic heterocycles. The zero-order chi connectivity index (χ0) is 34.5. The van der Waals surface area contributed by atoms with Crippen molar-refractivity contribution in [1.29, 1.82) is 0 Å². The van der Waals surface area contributed by atoms with Crippen molar-refractivity contribution in [3.8, 4) is 28.5 Å². The maximum Gasteiger partial charge on any atom is 0.491 e. The number of aryl methyl sites for hydroxylation is 1. The van der Waals surface area contributed by atoms with E-state index in [0.717, 1.165) is 17.6 Å². The minimum absolute atomic E-state index is 0.0312. The summed E-state index contributed by atoms with van der Waals surface area (Å²) < 4.78 is 74.6. The Kier molecular flexibility index (Phi) is 10.7. The second kappa shape index (κ2) is 14.3. The average molecular weight is 691 g/mol. The van der Waals surface area contributed by atoms with E-state index >= 15 is 0 Å². The lowest BCUT2D eigenvalue weighted by molar-refractivity contribution is -0.189. The zero-order valence-corrected chi connectivity index (χ0v) is 27.2. The first-order valence-electron chi connectivity index (χ1n) is 14.0. The van der Waals surface area contributed by atoms with Gasteiger partial charge in [0.15, 0.2) is 26.5 Å². The number of sulfone groups is 1.